The summed E-state index contributed by atoms with van der Waals surface area (Å²) in [4.78, 5) is 12.5. The van der Waals surface area contributed by atoms with Crippen LogP contribution in [0.3, 0.4) is 0 Å². The number of benzene rings is 2. The van der Waals surface area contributed by atoms with E-state index < -0.39 is 0 Å². The van der Waals surface area contributed by atoms with Crippen LogP contribution < -0.4 is 5.73 Å². The molecule has 0 fully saturated rings. The van der Waals surface area contributed by atoms with Gasteiger partial charge in [0.2, 0.25) is 0 Å². The van der Waals surface area contributed by atoms with E-state index in [2.05, 4.69) is 13.8 Å². The predicted octanol–water partition coefficient (Wildman–Crippen LogP) is 4.01. The van der Waals surface area contributed by atoms with E-state index in [0.717, 1.165) is 12.0 Å². The van der Waals surface area contributed by atoms with Gasteiger partial charge in [-0.25, -0.2) is 0 Å². The molecule has 2 N–H and O–H groups in total. The van der Waals surface area contributed by atoms with Crippen molar-refractivity contribution in [3.8, 4) is 0 Å². The van der Waals surface area contributed by atoms with Crippen molar-refractivity contribution in [2.24, 2.45) is 5.92 Å². The molecule has 2 aromatic rings. The van der Waals surface area contributed by atoms with E-state index in [0.29, 0.717) is 22.7 Å². The molecule has 0 aromatic heterocycles. The normalized spacial score (nSPS) is 10.8. The van der Waals surface area contributed by atoms with E-state index >= 15 is 0 Å². The number of hydrogen-bond acceptors (Lipinski definition) is 2. The van der Waals surface area contributed by atoms with Gasteiger partial charge in [-0.05, 0) is 36.5 Å². The quantitative estimate of drug-likeness (QED) is 0.672. The van der Waals surface area contributed by atoms with Gasteiger partial charge in [0.15, 0.2) is 5.78 Å². The number of rotatable bonds is 4. The highest BCUT2D eigenvalue weighted by Gasteiger charge is 2.14. The Labute approximate surface area is 120 Å². The van der Waals surface area contributed by atoms with Gasteiger partial charge in [-0.1, -0.05) is 50.2 Å². The Bertz CT molecular complexity index is 592. The largest absolute Gasteiger partial charge is 0.398 e. The number of ketones is 1. The summed E-state index contributed by atoms with van der Waals surface area (Å²) < 4.78 is 0. The minimum Gasteiger partial charge on any atom is -0.398 e. The molecule has 2 nitrogen and oxygen atoms in total. The predicted molar refractivity (Wildman–Crippen MR) is 84.0 cm³/mol. The number of nitrogen functional groups attached to an aromatic ring is 1. The fraction of sp³-hybridized carbons (Fsp3) is 0.278. The topological polar surface area (TPSA) is 43.1 Å². The minimum absolute atomic E-state index is 0.00306. The van der Waals surface area contributed by atoms with Gasteiger partial charge in [0, 0.05) is 16.8 Å². The monoisotopic (exact) mass is 267 g/mol. The molecule has 2 rings (SSSR count). The number of carbonyl (C=O) groups is 1. The number of carbonyl (C=O) groups excluding carboxylic acids is 1. The summed E-state index contributed by atoms with van der Waals surface area (Å²) in [5, 5.41) is 0. The first kappa shape index (κ1) is 14.3. The third-order valence-corrected chi connectivity index (χ3v) is 3.39. The van der Waals surface area contributed by atoms with Crippen LogP contribution >= 0.6 is 0 Å². The number of nitrogens with two attached hydrogens (primary N) is 1. The zero-order valence-electron chi connectivity index (χ0n) is 12.3. The minimum atomic E-state index is -0.00306. The van der Waals surface area contributed by atoms with Crippen molar-refractivity contribution < 1.29 is 4.79 Å². The molecule has 0 aliphatic carbocycles. The van der Waals surface area contributed by atoms with Crippen molar-refractivity contribution in [2.75, 3.05) is 5.73 Å². The average Bonchev–Trinajstić information content (AvgIpc) is 2.38. The molecule has 0 saturated heterocycles. The summed E-state index contributed by atoms with van der Waals surface area (Å²) >= 11 is 0. The van der Waals surface area contributed by atoms with Crippen LogP contribution in [0.25, 0.3) is 0 Å². The van der Waals surface area contributed by atoms with Gasteiger partial charge >= 0.3 is 0 Å². The Balaban J connectivity index is 2.30. The molecule has 0 saturated carbocycles. The molecule has 0 atom stereocenters. The molecule has 0 spiro atoms. The maximum atomic E-state index is 12.5. The SMILES string of the molecule is Cc1cccc(N)c1C(=O)c1ccc(CC(C)C)cc1. The van der Waals surface area contributed by atoms with Crippen LogP contribution in [0.2, 0.25) is 0 Å². The second-order valence-corrected chi connectivity index (χ2v) is 5.66. The first-order valence-corrected chi connectivity index (χ1v) is 6.97. The lowest BCUT2D eigenvalue weighted by atomic mass is 9.95. The summed E-state index contributed by atoms with van der Waals surface area (Å²) in [6.45, 7) is 6.29. The fourth-order valence-electron chi connectivity index (χ4n) is 2.41. The Morgan fingerprint density at radius 2 is 1.75 bits per heavy atom. The molecule has 2 heteroatoms. The van der Waals surface area contributed by atoms with Crippen molar-refractivity contribution in [1.29, 1.82) is 0 Å². The van der Waals surface area contributed by atoms with Crippen LogP contribution in [-0.2, 0) is 6.42 Å². The third-order valence-electron chi connectivity index (χ3n) is 3.39. The number of aryl methyl sites for hydroxylation is 1. The van der Waals surface area contributed by atoms with E-state index in [1.807, 2.05) is 43.3 Å². The fourth-order valence-corrected chi connectivity index (χ4v) is 2.41. The molecule has 104 valence electrons. The molecule has 0 unspecified atom stereocenters. The Kier molecular flexibility index (Phi) is 4.23. The van der Waals surface area contributed by atoms with Crippen molar-refractivity contribution in [3.63, 3.8) is 0 Å². The van der Waals surface area contributed by atoms with Crippen molar-refractivity contribution in [2.45, 2.75) is 27.2 Å². The summed E-state index contributed by atoms with van der Waals surface area (Å²) in [6.07, 6.45) is 1.03. The Morgan fingerprint density at radius 3 is 2.30 bits per heavy atom. The summed E-state index contributed by atoms with van der Waals surface area (Å²) in [6, 6.07) is 13.4. The second-order valence-electron chi connectivity index (χ2n) is 5.66. The lowest BCUT2D eigenvalue weighted by Crippen LogP contribution is -2.07. The molecule has 0 aliphatic rings. The smallest absolute Gasteiger partial charge is 0.195 e. The highest BCUT2D eigenvalue weighted by Crippen LogP contribution is 2.21. The van der Waals surface area contributed by atoms with Gasteiger partial charge in [-0.3, -0.25) is 4.79 Å². The average molecular weight is 267 g/mol. The molecular formula is C18H21NO. The van der Waals surface area contributed by atoms with Crippen LogP contribution in [0.4, 0.5) is 5.69 Å². The first-order valence-electron chi connectivity index (χ1n) is 6.97. The van der Waals surface area contributed by atoms with E-state index in [1.54, 1.807) is 6.07 Å². The summed E-state index contributed by atoms with van der Waals surface area (Å²) in [5.74, 6) is 0.611. The lowest BCUT2D eigenvalue weighted by Gasteiger charge is -2.09. The van der Waals surface area contributed by atoms with E-state index in [9.17, 15) is 4.79 Å². The first-order chi connectivity index (χ1) is 9.49. The molecular weight excluding hydrogens is 246 g/mol. The summed E-state index contributed by atoms with van der Waals surface area (Å²) in [7, 11) is 0. The van der Waals surface area contributed by atoms with E-state index in [4.69, 9.17) is 5.73 Å². The zero-order chi connectivity index (χ0) is 14.7. The maximum absolute atomic E-state index is 12.5. The third kappa shape index (κ3) is 3.08. The second kappa shape index (κ2) is 5.91. The highest BCUT2D eigenvalue weighted by atomic mass is 16.1. The molecule has 20 heavy (non-hydrogen) atoms. The van der Waals surface area contributed by atoms with Gasteiger partial charge in [0.05, 0.1) is 0 Å². The van der Waals surface area contributed by atoms with Crippen molar-refractivity contribution in [1.82, 2.24) is 0 Å². The molecule has 0 aliphatic heterocycles. The molecule has 0 heterocycles. The van der Waals surface area contributed by atoms with Crippen molar-refractivity contribution in [3.05, 3.63) is 64.7 Å². The maximum Gasteiger partial charge on any atom is 0.195 e. The van der Waals surface area contributed by atoms with Gasteiger partial charge in [-0.15, -0.1) is 0 Å². The zero-order valence-corrected chi connectivity index (χ0v) is 12.3. The Hall–Kier alpha value is -2.09. The van der Waals surface area contributed by atoms with Gasteiger partial charge in [-0.2, -0.15) is 0 Å². The van der Waals surface area contributed by atoms with Crippen LogP contribution in [0.1, 0.15) is 40.9 Å². The molecule has 0 amide bonds. The standard InChI is InChI=1S/C18H21NO/c1-12(2)11-14-7-9-15(10-8-14)18(20)17-13(3)5-4-6-16(17)19/h4-10,12H,11,19H2,1-3H3. The van der Waals surface area contributed by atoms with Gasteiger partial charge in [0.1, 0.15) is 0 Å². The van der Waals surface area contributed by atoms with E-state index in [-0.39, 0.29) is 5.78 Å². The highest BCUT2D eigenvalue weighted by molar-refractivity contribution is 6.13. The van der Waals surface area contributed by atoms with Crippen molar-refractivity contribution >= 4 is 11.5 Å². The van der Waals surface area contributed by atoms with Crippen LogP contribution in [0, 0.1) is 12.8 Å². The summed E-state index contributed by atoms with van der Waals surface area (Å²) in [5.41, 5.74) is 9.96. The van der Waals surface area contributed by atoms with Crippen LogP contribution in [0.5, 0.6) is 0 Å². The lowest BCUT2D eigenvalue weighted by molar-refractivity contribution is 0.103. The number of hydrogen-bond donors (Lipinski definition) is 1. The molecule has 2 aromatic carbocycles. The molecule has 0 bridgehead atoms. The van der Waals surface area contributed by atoms with Crippen LogP contribution in [0.15, 0.2) is 42.5 Å². The van der Waals surface area contributed by atoms with Gasteiger partial charge in [0.25, 0.3) is 0 Å². The van der Waals surface area contributed by atoms with E-state index in [1.165, 1.54) is 5.56 Å². The number of anilines is 1. The van der Waals surface area contributed by atoms with Crippen LogP contribution in [-0.4, -0.2) is 5.78 Å². The van der Waals surface area contributed by atoms with Gasteiger partial charge < -0.3 is 5.73 Å². The Morgan fingerprint density at radius 1 is 1.10 bits per heavy atom. The molecule has 0 radical (unpaired) electrons.